The van der Waals surface area contributed by atoms with Crippen molar-refractivity contribution in [3.05, 3.63) is 41.4 Å². The van der Waals surface area contributed by atoms with Crippen LogP contribution in [0.15, 0.2) is 30.6 Å². The Balaban J connectivity index is 1.81. The summed E-state index contributed by atoms with van der Waals surface area (Å²) in [6.07, 6.45) is 6.63. The summed E-state index contributed by atoms with van der Waals surface area (Å²) >= 11 is 5.91. The Morgan fingerprint density at radius 3 is 2.82 bits per heavy atom. The monoisotopic (exact) mass is 321 g/mol. The van der Waals surface area contributed by atoms with E-state index in [1.807, 2.05) is 0 Å². The minimum atomic E-state index is -0.656. The largest absolute Gasteiger partial charge is 0.373 e. The third kappa shape index (κ3) is 3.36. The van der Waals surface area contributed by atoms with Crippen molar-refractivity contribution in [2.24, 2.45) is 5.92 Å². The average Bonchev–Trinajstić information content (AvgIpc) is 3.04. The van der Waals surface area contributed by atoms with Crippen LogP contribution in [0.2, 0.25) is 5.02 Å². The molecule has 116 valence electrons. The Morgan fingerprint density at radius 1 is 1.27 bits per heavy atom. The predicted molar refractivity (Wildman–Crippen MR) is 84.0 cm³/mol. The number of benzene rings is 1. The van der Waals surface area contributed by atoms with Crippen LogP contribution in [0, 0.1) is 11.7 Å². The highest BCUT2D eigenvalue weighted by atomic mass is 35.5. The van der Waals surface area contributed by atoms with Gasteiger partial charge in [-0.1, -0.05) is 24.4 Å². The van der Waals surface area contributed by atoms with Crippen LogP contribution >= 0.6 is 11.6 Å². The van der Waals surface area contributed by atoms with Crippen LogP contribution in [0.25, 0.3) is 11.3 Å². The fraction of sp³-hybridized carbons (Fsp3) is 0.375. The molecule has 1 aliphatic carbocycles. The molecule has 2 aromatic rings. The molecule has 3 rings (SSSR count). The number of halogens is 2. The molecule has 1 unspecified atom stereocenters. The van der Waals surface area contributed by atoms with Gasteiger partial charge in [-0.15, -0.1) is 0 Å². The van der Waals surface area contributed by atoms with Gasteiger partial charge in [-0.05, 0) is 31.0 Å². The number of aliphatic hydroxyl groups excluding tert-OH is 1. The summed E-state index contributed by atoms with van der Waals surface area (Å²) in [7, 11) is 0. The maximum atomic E-state index is 13.9. The first-order valence-electron chi connectivity index (χ1n) is 7.35. The second kappa shape index (κ2) is 6.58. The van der Waals surface area contributed by atoms with Crippen LogP contribution in [0.4, 0.5) is 10.2 Å². The normalized spacial score (nSPS) is 16.7. The number of aromatic nitrogens is 2. The van der Waals surface area contributed by atoms with Crippen LogP contribution in [0.3, 0.4) is 0 Å². The topological polar surface area (TPSA) is 58.0 Å². The van der Waals surface area contributed by atoms with Crippen LogP contribution in [0.1, 0.15) is 25.7 Å². The minimum absolute atomic E-state index is 0.230. The van der Waals surface area contributed by atoms with Crippen LogP contribution in [-0.2, 0) is 0 Å². The summed E-state index contributed by atoms with van der Waals surface area (Å²) in [4.78, 5) is 8.39. The van der Waals surface area contributed by atoms with E-state index >= 15 is 0 Å². The number of nitrogens with one attached hydrogen (secondary N) is 1. The maximum Gasteiger partial charge on any atom is 0.147 e. The van der Waals surface area contributed by atoms with Gasteiger partial charge in [0.05, 0.1) is 18.1 Å². The number of hydrogen-bond donors (Lipinski definition) is 2. The van der Waals surface area contributed by atoms with Gasteiger partial charge < -0.3 is 10.4 Å². The molecule has 0 saturated heterocycles. The van der Waals surface area contributed by atoms with Gasteiger partial charge >= 0.3 is 0 Å². The lowest BCUT2D eigenvalue weighted by molar-refractivity contribution is 0.137. The van der Waals surface area contributed by atoms with E-state index in [1.54, 1.807) is 0 Å². The SMILES string of the molecule is OC(Nc1cncc(-c2cc(Cl)ccc2F)n1)C1CCCC1. The molecule has 22 heavy (non-hydrogen) atoms. The first kappa shape index (κ1) is 15.2. The van der Waals surface area contributed by atoms with Gasteiger partial charge in [0.2, 0.25) is 0 Å². The Morgan fingerprint density at radius 2 is 2.05 bits per heavy atom. The molecule has 1 atom stereocenters. The molecule has 1 aromatic carbocycles. The first-order valence-corrected chi connectivity index (χ1v) is 7.73. The number of aliphatic hydroxyl groups is 1. The lowest BCUT2D eigenvalue weighted by Gasteiger charge is -2.19. The predicted octanol–water partition coefficient (Wildman–Crippen LogP) is 3.86. The van der Waals surface area contributed by atoms with Crippen LogP contribution < -0.4 is 5.32 Å². The summed E-state index contributed by atoms with van der Waals surface area (Å²) in [5.41, 5.74) is 0.669. The molecular formula is C16H17ClFN3O. The van der Waals surface area contributed by atoms with Crippen molar-refractivity contribution in [3.63, 3.8) is 0 Å². The third-order valence-electron chi connectivity index (χ3n) is 3.98. The van der Waals surface area contributed by atoms with E-state index in [0.717, 1.165) is 25.7 Å². The highest BCUT2D eigenvalue weighted by molar-refractivity contribution is 6.30. The van der Waals surface area contributed by atoms with E-state index in [1.165, 1.54) is 30.6 Å². The molecule has 1 fully saturated rings. The van der Waals surface area contributed by atoms with Gasteiger partial charge in [0, 0.05) is 16.5 Å². The van der Waals surface area contributed by atoms with Crippen LogP contribution in [-0.4, -0.2) is 21.3 Å². The van der Waals surface area contributed by atoms with Crippen molar-refractivity contribution in [1.29, 1.82) is 0 Å². The van der Waals surface area contributed by atoms with Crippen LogP contribution in [0.5, 0.6) is 0 Å². The molecule has 1 heterocycles. The van der Waals surface area contributed by atoms with Crippen molar-refractivity contribution in [3.8, 4) is 11.3 Å². The van der Waals surface area contributed by atoms with Crippen molar-refractivity contribution in [1.82, 2.24) is 9.97 Å². The van der Waals surface area contributed by atoms with Gasteiger partial charge in [-0.2, -0.15) is 0 Å². The van der Waals surface area contributed by atoms with Crippen molar-refractivity contribution < 1.29 is 9.50 Å². The smallest absolute Gasteiger partial charge is 0.147 e. The molecular weight excluding hydrogens is 305 g/mol. The molecule has 2 N–H and O–H groups in total. The fourth-order valence-electron chi connectivity index (χ4n) is 2.80. The zero-order valence-corrected chi connectivity index (χ0v) is 12.7. The highest BCUT2D eigenvalue weighted by Crippen LogP contribution is 2.29. The molecule has 6 heteroatoms. The third-order valence-corrected chi connectivity index (χ3v) is 4.22. The summed E-state index contributed by atoms with van der Waals surface area (Å²) in [6.45, 7) is 0. The minimum Gasteiger partial charge on any atom is -0.373 e. The zero-order valence-electron chi connectivity index (χ0n) is 12.0. The van der Waals surface area contributed by atoms with Gasteiger partial charge in [-0.25, -0.2) is 9.37 Å². The molecule has 4 nitrogen and oxygen atoms in total. The van der Waals surface area contributed by atoms with E-state index in [4.69, 9.17) is 11.6 Å². The second-order valence-electron chi connectivity index (χ2n) is 5.55. The summed E-state index contributed by atoms with van der Waals surface area (Å²) < 4.78 is 13.9. The number of hydrogen-bond acceptors (Lipinski definition) is 4. The Bertz CT molecular complexity index is 662. The molecule has 1 aromatic heterocycles. The highest BCUT2D eigenvalue weighted by Gasteiger charge is 2.23. The fourth-order valence-corrected chi connectivity index (χ4v) is 2.97. The second-order valence-corrected chi connectivity index (χ2v) is 5.98. The average molecular weight is 322 g/mol. The van der Waals surface area contributed by atoms with Gasteiger partial charge in [-0.3, -0.25) is 4.98 Å². The van der Waals surface area contributed by atoms with Crippen molar-refractivity contribution in [2.75, 3.05) is 5.32 Å². The van der Waals surface area contributed by atoms with Crippen molar-refractivity contribution in [2.45, 2.75) is 31.9 Å². The molecule has 0 amide bonds. The van der Waals surface area contributed by atoms with Crippen molar-refractivity contribution >= 4 is 17.4 Å². The number of anilines is 1. The number of rotatable bonds is 4. The summed E-state index contributed by atoms with van der Waals surface area (Å²) in [5, 5.41) is 13.6. The van der Waals surface area contributed by atoms with E-state index in [0.29, 0.717) is 22.1 Å². The Kier molecular flexibility index (Phi) is 4.55. The van der Waals surface area contributed by atoms with Gasteiger partial charge in [0.25, 0.3) is 0 Å². The molecule has 0 bridgehead atoms. The van der Waals surface area contributed by atoms with E-state index in [2.05, 4.69) is 15.3 Å². The quantitative estimate of drug-likeness (QED) is 0.840. The zero-order chi connectivity index (χ0) is 15.5. The summed E-state index contributed by atoms with van der Waals surface area (Å²) in [5.74, 6) is 0.247. The van der Waals surface area contributed by atoms with E-state index in [9.17, 15) is 9.50 Å². The molecule has 1 aliphatic rings. The molecule has 1 saturated carbocycles. The van der Waals surface area contributed by atoms with Gasteiger partial charge in [0.15, 0.2) is 0 Å². The van der Waals surface area contributed by atoms with E-state index < -0.39 is 12.0 Å². The van der Waals surface area contributed by atoms with E-state index in [-0.39, 0.29) is 5.92 Å². The number of nitrogens with zero attached hydrogens (tertiary/aromatic N) is 2. The molecule has 0 radical (unpaired) electrons. The van der Waals surface area contributed by atoms with Gasteiger partial charge in [0.1, 0.15) is 17.9 Å². The Labute approximate surface area is 133 Å². The lowest BCUT2D eigenvalue weighted by atomic mass is 10.1. The molecule has 0 aliphatic heterocycles. The lowest BCUT2D eigenvalue weighted by Crippen LogP contribution is -2.27. The summed E-state index contributed by atoms with van der Waals surface area (Å²) in [6, 6.07) is 4.30. The first-order chi connectivity index (χ1) is 10.6. The Hall–Kier alpha value is -1.72. The molecule has 0 spiro atoms. The standard InChI is InChI=1S/C16H17ClFN3O/c17-11-5-6-13(18)12(7-11)14-8-19-9-15(20-14)21-16(22)10-3-1-2-4-10/h5-10,16,22H,1-4H2,(H,20,21). The maximum absolute atomic E-state index is 13.9.